The maximum absolute atomic E-state index is 12.5. The number of rotatable bonds is 6. The first-order valence-corrected chi connectivity index (χ1v) is 9.02. The molecule has 3 aromatic rings. The largest absolute Gasteiger partial charge is 0.452 e. The smallest absolute Gasteiger partial charge is 0.340 e. The van der Waals surface area contributed by atoms with Gasteiger partial charge in [-0.25, -0.2) is 4.79 Å². The summed E-state index contributed by atoms with van der Waals surface area (Å²) < 4.78 is 5.11. The van der Waals surface area contributed by atoms with Crippen LogP contribution in [0.1, 0.15) is 26.3 Å². The van der Waals surface area contributed by atoms with Crippen LogP contribution in [-0.2, 0) is 9.53 Å². The van der Waals surface area contributed by atoms with E-state index in [1.54, 1.807) is 60.7 Å². The molecule has 0 fully saturated rings. The number of benzene rings is 3. The fourth-order valence-electron chi connectivity index (χ4n) is 2.68. The van der Waals surface area contributed by atoms with Crippen LogP contribution in [-0.4, -0.2) is 24.4 Å². The summed E-state index contributed by atoms with van der Waals surface area (Å²) in [4.78, 5) is 36.9. The Hall–Kier alpha value is -3.93. The molecule has 0 aromatic heterocycles. The molecule has 6 heteroatoms. The molecule has 3 aromatic carbocycles. The first-order valence-electron chi connectivity index (χ1n) is 9.02. The van der Waals surface area contributed by atoms with Gasteiger partial charge in [0.2, 0.25) is 0 Å². The van der Waals surface area contributed by atoms with Crippen molar-refractivity contribution >= 4 is 29.2 Å². The monoisotopic (exact) mass is 388 g/mol. The van der Waals surface area contributed by atoms with Gasteiger partial charge < -0.3 is 15.4 Å². The van der Waals surface area contributed by atoms with Crippen LogP contribution in [0.3, 0.4) is 0 Å². The molecule has 2 amide bonds. The van der Waals surface area contributed by atoms with Crippen molar-refractivity contribution in [2.75, 3.05) is 17.2 Å². The number of hydrogen-bond acceptors (Lipinski definition) is 4. The number of amides is 2. The van der Waals surface area contributed by atoms with E-state index in [0.717, 1.165) is 5.56 Å². The van der Waals surface area contributed by atoms with E-state index in [0.29, 0.717) is 16.9 Å². The maximum Gasteiger partial charge on any atom is 0.340 e. The quantitative estimate of drug-likeness (QED) is 0.624. The van der Waals surface area contributed by atoms with Crippen LogP contribution in [0.5, 0.6) is 0 Å². The predicted octanol–water partition coefficient (Wildman–Crippen LogP) is 4.04. The molecule has 0 atom stereocenters. The van der Waals surface area contributed by atoms with Gasteiger partial charge in [0.15, 0.2) is 6.61 Å². The molecular formula is C23H20N2O4. The SMILES string of the molecule is Cc1cccc(C(=O)Nc2ccccc2C(=O)OCC(=O)Nc2ccccc2)c1. The molecule has 0 saturated carbocycles. The Kier molecular flexibility index (Phi) is 6.37. The van der Waals surface area contributed by atoms with Crippen molar-refractivity contribution in [3.8, 4) is 0 Å². The Balaban J connectivity index is 1.64. The Morgan fingerprint density at radius 3 is 2.31 bits per heavy atom. The van der Waals surface area contributed by atoms with Gasteiger partial charge >= 0.3 is 5.97 Å². The Morgan fingerprint density at radius 2 is 1.55 bits per heavy atom. The number of para-hydroxylation sites is 2. The van der Waals surface area contributed by atoms with Crippen molar-refractivity contribution in [1.29, 1.82) is 0 Å². The fourth-order valence-corrected chi connectivity index (χ4v) is 2.68. The molecule has 2 N–H and O–H groups in total. The second-order valence-corrected chi connectivity index (χ2v) is 6.36. The molecule has 0 aliphatic carbocycles. The number of aryl methyl sites for hydroxylation is 1. The van der Waals surface area contributed by atoms with E-state index in [-0.39, 0.29) is 11.5 Å². The lowest BCUT2D eigenvalue weighted by Crippen LogP contribution is -2.22. The average Bonchev–Trinajstić information content (AvgIpc) is 2.73. The van der Waals surface area contributed by atoms with E-state index in [9.17, 15) is 14.4 Å². The lowest BCUT2D eigenvalue weighted by Gasteiger charge is -2.11. The number of ether oxygens (including phenoxy) is 1. The standard InChI is InChI=1S/C23H20N2O4/c1-16-8-7-9-17(14-16)22(27)25-20-13-6-5-12-19(20)23(28)29-15-21(26)24-18-10-3-2-4-11-18/h2-14H,15H2,1H3,(H,24,26)(H,25,27). The fraction of sp³-hybridized carbons (Fsp3) is 0.0870. The van der Waals surface area contributed by atoms with Crippen LogP contribution in [0, 0.1) is 6.92 Å². The van der Waals surface area contributed by atoms with E-state index < -0.39 is 18.5 Å². The van der Waals surface area contributed by atoms with Crippen LogP contribution in [0.2, 0.25) is 0 Å². The zero-order valence-corrected chi connectivity index (χ0v) is 15.8. The number of hydrogen-bond donors (Lipinski definition) is 2. The minimum Gasteiger partial charge on any atom is -0.452 e. The highest BCUT2D eigenvalue weighted by molar-refractivity contribution is 6.08. The molecule has 0 spiro atoms. The van der Waals surface area contributed by atoms with Gasteiger partial charge in [0.05, 0.1) is 11.3 Å². The lowest BCUT2D eigenvalue weighted by atomic mass is 10.1. The van der Waals surface area contributed by atoms with Crippen molar-refractivity contribution < 1.29 is 19.1 Å². The first kappa shape index (κ1) is 19.8. The molecule has 0 radical (unpaired) electrons. The average molecular weight is 388 g/mol. The number of nitrogens with one attached hydrogen (secondary N) is 2. The number of carbonyl (C=O) groups is 3. The van der Waals surface area contributed by atoms with Crippen LogP contribution >= 0.6 is 0 Å². The second-order valence-electron chi connectivity index (χ2n) is 6.36. The van der Waals surface area contributed by atoms with Gasteiger partial charge in [0, 0.05) is 11.3 Å². The summed E-state index contributed by atoms with van der Waals surface area (Å²) in [5.74, 6) is -1.49. The minimum absolute atomic E-state index is 0.168. The van der Waals surface area contributed by atoms with Crippen molar-refractivity contribution in [3.05, 3.63) is 95.6 Å². The number of esters is 1. The molecule has 0 bridgehead atoms. The van der Waals surface area contributed by atoms with Gasteiger partial charge in [-0.2, -0.15) is 0 Å². The van der Waals surface area contributed by atoms with Gasteiger partial charge in [-0.15, -0.1) is 0 Å². The summed E-state index contributed by atoms with van der Waals surface area (Å²) in [6.07, 6.45) is 0. The predicted molar refractivity (Wildman–Crippen MR) is 111 cm³/mol. The summed E-state index contributed by atoms with van der Waals surface area (Å²) in [5, 5.41) is 5.36. The van der Waals surface area contributed by atoms with Gasteiger partial charge in [-0.3, -0.25) is 9.59 Å². The summed E-state index contributed by atoms with van der Waals surface area (Å²) in [7, 11) is 0. The second kappa shape index (κ2) is 9.32. The van der Waals surface area contributed by atoms with Crippen molar-refractivity contribution in [1.82, 2.24) is 0 Å². The van der Waals surface area contributed by atoms with Gasteiger partial charge in [0.1, 0.15) is 0 Å². The zero-order valence-electron chi connectivity index (χ0n) is 15.8. The van der Waals surface area contributed by atoms with E-state index in [1.807, 2.05) is 19.1 Å². The van der Waals surface area contributed by atoms with Crippen LogP contribution in [0.15, 0.2) is 78.9 Å². The summed E-state index contributed by atoms with van der Waals surface area (Å²) in [6.45, 7) is 1.45. The molecule has 3 rings (SSSR count). The van der Waals surface area contributed by atoms with Gasteiger partial charge in [0.25, 0.3) is 11.8 Å². The highest BCUT2D eigenvalue weighted by Gasteiger charge is 2.16. The van der Waals surface area contributed by atoms with Gasteiger partial charge in [-0.05, 0) is 43.3 Å². The normalized spacial score (nSPS) is 10.1. The van der Waals surface area contributed by atoms with E-state index in [2.05, 4.69) is 10.6 Å². The molecule has 146 valence electrons. The number of carbonyl (C=O) groups excluding carboxylic acids is 3. The Morgan fingerprint density at radius 1 is 0.828 bits per heavy atom. The molecule has 29 heavy (non-hydrogen) atoms. The Bertz CT molecular complexity index is 1030. The molecular weight excluding hydrogens is 368 g/mol. The van der Waals surface area contributed by atoms with E-state index in [4.69, 9.17) is 4.74 Å². The molecule has 0 heterocycles. The number of anilines is 2. The van der Waals surface area contributed by atoms with E-state index in [1.165, 1.54) is 6.07 Å². The van der Waals surface area contributed by atoms with Crippen molar-refractivity contribution in [3.63, 3.8) is 0 Å². The maximum atomic E-state index is 12.5. The Labute approximate surface area is 168 Å². The van der Waals surface area contributed by atoms with E-state index >= 15 is 0 Å². The minimum atomic E-state index is -0.701. The van der Waals surface area contributed by atoms with Crippen LogP contribution < -0.4 is 10.6 Å². The van der Waals surface area contributed by atoms with Crippen LogP contribution in [0.25, 0.3) is 0 Å². The first-order chi connectivity index (χ1) is 14.0. The van der Waals surface area contributed by atoms with Crippen LogP contribution in [0.4, 0.5) is 11.4 Å². The molecule has 0 unspecified atom stereocenters. The summed E-state index contributed by atoms with van der Waals surface area (Å²) >= 11 is 0. The highest BCUT2D eigenvalue weighted by atomic mass is 16.5. The topological polar surface area (TPSA) is 84.5 Å². The van der Waals surface area contributed by atoms with Crippen molar-refractivity contribution in [2.45, 2.75) is 6.92 Å². The molecule has 0 aliphatic heterocycles. The third-order valence-electron chi connectivity index (χ3n) is 4.07. The summed E-state index contributed by atoms with van der Waals surface area (Å²) in [5.41, 5.74) is 2.53. The third kappa shape index (κ3) is 5.52. The zero-order chi connectivity index (χ0) is 20.6. The van der Waals surface area contributed by atoms with Crippen molar-refractivity contribution in [2.24, 2.45) is 0 Å². The molecule has 6 nitrogen and oxygen atoms in total. The molecule has 0 saturated heterocycles. The van der Waals surface area contributed by atoms with Gasteiger partial charge in [-0.1, -0.05) is 48.0 Å². The third-order valence-corrected chi connectivity index (χ3v) is 4.07. The summed E-state index contributed by atoms with van der Waals surface area (Å²) in [6, 6.07) is 22.5. The highest BCUT2D eigenvalue weighted by Crippen LogP contribution is 2.18. The molecule has 0 aliphatic rings. The lowest BCUT2D eigenvalue weighted by molar-refractivity contribution is -0.119.